The number of hydrogen-bond acceptors (Lipinski definition) is 5. The summed E-state index contributed by atoms with van der Waals surface area (Å²) in [6.07, 6.45) is 5.79. The van der Waals surface area contributed by atoms with Gasteiger partial charge in [-0.25, -0.2) is 0 Å². The normalized spacial score (nSPS) is 15.8. The molecular formula is C29H23N3O5. The van der Waals surface area contributed by atoms with Crippen LogP contribution in [0.25, 0.3) is 12.2 Å². The van der Waals surface area contributed by atoms with Crippen molar-refractivity contribution in [1.29, 1.82) is 0 Å². The Hall–Kier alpha value is -5.11. The SMILES string of the molecule is O=C(/C=C/C(=O)N1C/C(=C\c2ccccc2)C(=O)/C(=C/c2ccccc2)C1)Nc1ccc([N+](=O)[O-])cc1. The number of carbonyl (C=O) groups excluding carboxylic acids is 3. The second-order valence-electron chi connectivity index (χ2n) is 8.31. The summed E-state index contributed by atoms with van der Waals surface area (Å²) >= 11 is 0. The Labute approximate surface area is 213 Å². The van der Waals surface area contributed by atoms with E-state index >= 15 is 0 Å². The summed E-state index contributed by atoms with van der Waals surface area (Å²) in [4.78, 5) is 50.3. The number of carbonyl (C=O) groups is 3. The number of piperidine rings is 1. The molecule has 0 saturated carbocycles. The van der Waals surface area contributed by atoms with Crippen LogP contribution in [0.4, 0.5) is 11.4 Å². The van der Waals surface area contributed by atoms with Crippen LogP contribution in [0, 0.1) is 10.1 Å². The van der Waals surface area contributed by atoms with Crippen LogP contribution in [-0.2, 0) is 14.4 Å². The number of Topliss-reactive ketones (excluding diaryl/α,β-unsaturated/α-hetero) is 1. The number of nitro groups is 1. The third kappa shape index (κ3) is 6.73. The van der Waals surface area contributed by atoms with Crippen molar-refractivity contribution < 1.29 is 19.3 Å². The summed E-state index contributed by atoms with van der Waals surface area (Å²) in [6, 6.07) is 24.1. The smallest absolute Gasteiger partial charge is 0.269 e. The molecule has 3 aromatic rings. The Bertz CT molecular complexity index is 1350. The molecule has 0 aliphatic carbocycles. The summed E-state index contributed by atoms with van der Waals surface area (Å²) in [5.74, 6) is -1.11. The van der Waals surface area contributed by atoms with Gasteiger partial charge in [-0.1, -0.05) is 60.7 Å². The van der Waals surface area contributed by atoms with Gasteiger partial charge >= 0.3 is 0 Å². The van der Waals surface area contributed by atoms with Gasteiger partial charge in [-0.15, -0.1) is 0 Å². The van der Waals surface area contributed by atoms with Gasteiger partial charge in [0.25, 0.3) is 5.69 Å². The lowest BCUT2D eigenvalue weighted by Crippen LogP contribution is -2.41. The van der Waals surface area contributed by atoms with Crippen molar-refractivity contribution in [2.45, 2.75) is 0 Å². The number of non-ortho nitro benzene ring substituents is 1. The minimum absolute atomic E-state index is 0.0953. The van der Waals surface area contributed by atoms with E-state index in [1.165, 1.54) is 29.2 Å². The molecule has 0 aromatic heterocycles. The van der Waals surface area contributed by atoms with E-state index in [9.17, 15) is 24.5 Å². The molecule has 184 valence electrons. The first-order valence-corrected chi connectivity index (χ1v) is 11.5. The minimum atomic E-state index is -0.560. The van der Waals surface area contributed by atoms with Gasteiger partial charge in [0.1, 0.15) is 0 Å². The predicted molar refractivity (Wildman–Crippen MR) is 141 cm³/mol. The van der Waals surface area contributed by atoms with Crippen LogP contribution in [0.2, 0.25) is 0 Å². The highest BCUT2D eigenvalue weighted by atomic mass is 16.6. The van der Waals surface area contributed by atoms with E-state index in [-0.39, 0.29) is 24.6 Å². The number of amides is 2. The van der Waals surface area contributed by atoms with Gasteiger partial charge in [-0.2, -0.15) is 0 Å². The molecule has 1 heterocycles. The first-order valence-electron chi connectivity index (χ1n) is 11.5. The van der Waals surface area contributed by atoms with Crippen LogP contribution in [-0.4, -0.2) is 40.5 Å². The largest absolute Gasteiger partial charge is 0.330 e. The van der Waals surface area contributed by atoms with E-state index in [2.05, 4.69) is 5.32 Å². The van der Waals surface area contributed by atoms with Gasteiger partial charge in [0.2, 0.25) is 11.8 Å². The zero-order valence-electron chi connectivity index (χ0n) is 19.7. The van der Waals surface area contributed by atoms with Gasteiger partial charge in [0.15, 0.2) is 5.78 Å². The molecule has 0 bridgehead atoms. The average Bonchev–Trinajstić information content (AvgIpc) is 2.91. The minimum Gasteiger partial charge on any atom is -0.330 e. The monoisotopic (exact) mass is 493 g/mol. The van der Waals surface area contributed by atoms with Crippen molar-refractivity contribution in [3.8, 4) is 0 Å². The molecule has 0 spiro atoms. The molecule has 8 nitrogen and oxygen atoms in total. The van der Waals surface area contributed by atoms with Crippen molar-refractivity contribution in [3.05, 3.63) is 129 Å². The van der Waals surface area contributed by atoms with Crippen molar-refractivity contribution in [3.63, 3.8) is 0 Å². The molecule has 1 aliphatic rings. The van der Waals surface area contributed by atoms with Crippen molar-refractivity contribution in [2.75, 3.05) is 18.4 Å². The first-order chi connectivity index (χ1) is 17.9. The molecule has 1 N–H and O–H groups in total. The number of hydrogen-bond donors (Lipinski definition) is 1. The fourth-order valence-electron chi connectivity index (χ4n) is 3.80. The summed E-state index contributed by atoms with van der Waals surface area (Å²) in [6.45, 7) is 0.208. The lowest BCUT2D eigenvalue weighted by Gasteiger charge is -2.29. The standard InChI is InChI=1S/C29H23N3O5/c33-27(30-25-11-13-26(14-12-25)32(36)37)15-16-28(34)31-19-23(17-21-7-3-1-4-8-21)29(35)24(20-31)18-22-9-5-2-6-10-22/h1-18H,19-20H2,(H,30,33)/b16-15+,23-17+,24-18+. The maximum Gasteiger partial charge on any atom is 0.269 e. The number of rotatable bonds is 6. The number of benzene rings is 3. The summed E-state index contributed by atoms with van der Waals surface area (Å²) in [5, 5.41) is 13.3. The number of anilines is 1. The van der Waals surface area contributed by atoms with E-state index in [4.69, 9.17) is 0 Å². The van der Waals surface area contributed by atoms with Crippen molar-refractivity contribution >= 4 is 41.1 Å². The fourth-order valence-corrected chi connectivity index (χ4v) is 3.80. The van der Waals surface area contributed by atoms with Gasteiger partial charge in [-0.05, 0) is 35.4 Å². The molecule has 3 aromatic carbocycles. The molecule has 4 rings (SSSR count). The molecule has 2 amide bonds. The molecule has 0 unspecified atom stereocenters. The van der Waals surface area contributed by atoms with Crippen molar-refractivity contribution in [1.82, 2.24) is 4.90 Å². The molecule has 0 atom stereocenters. The fraction of sp³-hybridized carbons (Fsp3) is 0.0690. The van der Waals surface area contributed by atoms with Crippen LogP contribution in [0.1, 0.15) is 11.1 Å². The molecule has 1 fully saturated rings. The topological polar surface area (TPSA) is 110 Å². The Morgan fingerprint density at radius 2 is 1.30 bits per heavy atom. The van der Waals surface area contributed by atoms with E-state index < -0.39 is 16.7 Å². The van der Waals surface area contributed by atoms with Crippen LogP contribution in [0.3, 0.4) is 0 Å². The van der Waals surface area contributed by atoms with E-state index in [0.717, 1.165) is 23.3 Å². The van der Waals surface area contributed by atoms with Crippen LogP contribution in [0.15, 0.2) is 108 Å². The van der Waals surface area contributed by atoms with Crippen LogP contribution in [0.5, 0.6) is 0 Å². The van der Waals surface area contributed by atoms with Crippen molar-refractivity contribution in [2.24, 2.45) is 0 Å². The Balaban J connectivity index is 1.52. The lowest BCUT2D eigenvalue weighted by molar-refractivity contribution is -0.384. The van der Waals surface area contributed by atoms with E-state index in [0.29, 0.717) is 16.8 Å². The average molecular weight is 494 g/mol. The molecule has 8 heteroatoms. The number of ketones is 1. The van der Waals surface area contributed by atoms with Gasteiger partial charge in [0.05, 0.1) is 18.0 Å². The second kappa shape index (κ2) is 11.5. The molecular weight excluding hydrogens is 470 g/mol. The van der Waals surface area contributed by atoms with Crippen LogP contribution >= 0.6 is 0 Å². The summed E-state index contributed by atoms with van der Waals surface area (Å²) < 4.78 is 0. The highest BCUT2D eigenvalue weighted by molar-refractivity contribution is 6.15. The Kier molecular flexibility index (Phi) is 7.80. The van der Waals surface area contributed by atoms with Crippen LogP contribution < -0.4 is 5.32 Å². The summed E-state index contributed by atoms with van der Waals surface area (Å²) in [7, 11) is 0. The number of nitrogens with zero attached hydrogens (tertiary/aromatic N) is 2. The molecule has 1 aliphatic heterocycles. The molecule has 1 saturated heterocycles. The quantitative estimate of drug-likeness (QED) is 0.305. The maximum atomic E-state index is 13.2. The zero-order valence-corrected chi connectivity index (χ0v) is 19.7. The van der Waals surface area contributed by atoms with E-state index in [1.54, 1.807) is 12.2 Å². The maximum absolute atomic E-state index is 13.2. The first kappa shape index (κ1) is 25.0. The number of likely N-dealkylation sites (tertiary alicyclic amines) is 1. The Morgan fingerprint density at radius 3 is 1.78 bits per heavy atom. The predicted octanol–water partition coefficient (Wildman–Crippen LogP) is 4.67. The van der Waals surface area contributed by atoms with Gasteiger partial charge in [-0.3, -0.25) is 24.5 Å². The zero-order chi connectivity index (χ0) is 26.2. The third-order valence-corrected chi connectivity index (χ3v) is 5.62. The second-order valence-corrected chi connectivity index (χ2v) is 8.31. The highest BCUT2D eigenvalue weighted by Crippen LogP contribution is 2.22. The summed E-state index contributed by atoms with van der Waals surface area (Å²) in [5.41, 5.74) is 2.89. The number of nitrogens with one attached hydrogen (secondary N) is 1. The van der Waals surface area contributed by atoms with Gasteiger partial charge in [0, 0.05) is 41.1 Å². The third-order valence-electron chi connectivity index (χ3n) is 5.62. The lowest BCUT2D eigenvalue weighted by atomic mass is 9.94. The Morgan fingerprint density at radius 1 is 0.784 bits per heavy atom. The van der Waals surface area contributed by atoms with E-state index in [1.807, 2.05) is 60.7 Å². The molecule has 0 radical (unpaired) electrons. The molecule has 37 heavy (non-hydrogen) atoms. The van der Waals surface area contributed by atoms with Gasteiger partial charge < -0.3 is 10.2 Å². The highest BCUT2D eigenvalue weighted by Gasteiger charge is 2.28. The number of nitro benzene ring substituents is 1.